The fourth-order valence-electron chi connectivity index (χ4n) is 1.51. The SMILES string of the molecule is O=C(Nc1ccc(Cl)cn1)c1cc(C(F)(F)F)ccc1Br. The molecule has 1 aromatic heterocycles. The molecule has 0 fully saturated rings. The number of halogens is 5. The molecule has 1 amide bonds. The van der Waals surface area contributed by atoms with Crippen LogP contribution in [0.25, 0.3) is 0 Å². The fourth-order valence-corrected chi connectivity index (χ4v) is 2.05. The molecular weight excluding hydrogens is 373 g/mol. The van der Waals surface area contributed by atoms with E-state index in [0.717, 1.165) is 12.1 Å². The van der Waals surface area contributed by atoms with Crippen LogP contribution in [-0.4, -0.2) is 10.9 Å². The summed E-state index contributed by atoms with van der Waals surface area (Å²) in [6.07, 6.45) is -3.20. The first-order valence-electron chi connectivity index (χ1n) is 5.57. The van der Waals surface area contributed by atoms with Crippen LogP contribution in [0.15, 0.2) is 41.0 Å². The van der Waals surface area contributed by atoms with Gasteiger partial charge in [-0.05, 0) is 46.3 Å². The van der Waals surface area contributed by atoms with E-state index in [0.29, 0.717) is 5.02 Å². The number of hydrogen-bond acceptors (Lipinski definition) is 2. The standard InChI is InChI=1S/C13H7BrClF3N2O/c14-10-3-1-7(13(16,17)18)5-9(10)12(21)20-11-4-2-8(15)6-19-11/h1-6H,(H,19,20,21). The van der Waals surface area contributed by atoms with Gasteiger partial charge in [-0.3, -0.25) is 4.79 Å². The van der Waals surface area contributed by atoms with E-state index in [1.165, 1.54) is 24.4 Å². The van der Waals surface area contributed by atoms with Crippen molar-refractivity contribution in [3.63, 3.8) is 0 Å². The van der Waals surface area contributed by atoms with Crippen molar-refractivity contribution in [2.75, 3.05) is 5.32 Å². The van der Waals surface area contributed by atoms with Gasteiger partial charge >= 0.3 is 6.18 Å². The molecule has 0 radical (unpaired) electrons. The van der Waals surface area contributed by atoms with Gasteiger partial charge < -0.3 is 5.32 Å². The van der Waals surface area contributed by atoms with Crippen molar-refractivity contribution in [1.82, 2.24) is 4.98 Å². The molecule has 3 nitrogen and oxygen atoms in total. The number of nitrogens with one attached hydrogen (secondary N) is 1. The number of rotatable bonds is 2. The number of carbonyl (C=O) groups excluding carboxylic acids is 1. The minimum Gasteiger partial charge on any atom is -0.307 e. The molecule has 0 spiro atoms. The van der Waals surface area contributed by atoms with E-state index in [1.807, 2.05) is 0 Å². The lowest BCUT2D eigenvalue weighted by molar-refractivity contribution is -0.137. The average Bonchev–Trinajstić information content (AvgIpc) is 2.40. The van der Waals surface area contributed by atoms with E-state index >= 15 is 0 Å². The number of benzene rings is 1. The molecule has 0 saturated heterocycles. The third-order valence-corrected chi connectivity index (χ3v) is 3.42. The molecular formula is C13H7BrClF3N2O. The second-order valence-electron chi connectivity index (χ2n) is 4.01. The molecule has 0 atom stereocenters. The number of amides is 1. The van der Waals surface area contributed by atoms with Gasteiger partial charge in [0.25, 0.3) is 5.91 Å². The van der Waals surface area contributed by atoms with E-state index < -0.39 is 17.6 Å². The van der Waals surface area contributed by atoms with Crippen molar-refractivity contribution in [2.24, 2.45) is 0 Å². The molecule has 0 saturated carbocycles. The largest absolute Gasteiger partial charge is 0.416 e. The van der Waals surface area contributed by atoms with E-state index in [1.54, 1.807) is 0 Å². The van der Waals surface area contributed by atoms with Gasteiger partial charge in [-0.2, -0.15) is 13.2 Å². The highest BCUT2D eigenvalue weighted by Crippen LogP contribution is 2.32. The summed E-state index contributed by atoms with van der Waals surface area (Å²) in [5.74, 6) is -0.517. The van der Waals surface area contributed by atoms with Gasteiger partial charge in [0, 0.05) is 10.7 Å². The molecule has 2 rings (SSSR count). The number of alkyl halides is 3. The highest BCUT2D eigenvalue weighted by atomic mass is 79.9. The van der Waals surface area contributed by atoms with Gasteiger partial charge in [0.15, 0.2) is 0 Å². The summed E-state index contributed by atoms with van der Waals surface area (Å²) in [5.41, 5.74) is -1.04. The minimum absolute atomic E-state index is 0.137. The Morgan fingerprint density at radius 3 is 2.52 bits per heavy atom. The van der Waals surface area contributed by atoms with Crippen LogP contribution >= 0.6 is 27.5 Å². The molecule has 0 unspecified atom stereocenters. The Balaban J connectivity index is 2.28. The van der Waals surface area contributed by atoms with Crippen LogP contribution in [0.2, 0.25) is 5.02 Å². The Morgan fingerprint density at radius 1 is 1.24 bits per heavy atom. The Bertz CT molecular complexity index is 674. The molecule has 1 N–H and O–H groups in total. The Kier molecular flexibility index (Phi) is 4.53. The Labute approximate surface area is 131 Å². The minimum atomic E-state index is -4.52. The highest BCUT2D eigenvalue weighted by Gasteiger charge is 2.31. The van der Waals surface area contributed by atoms with Crippen LogP contribution in [0.5, 0.6) is 0 Å². The molecule has 110 valence electrons. The summed E-state index contributed by atoms with van der Waals surface area (Å²) in [4.78, 5) is 15.9. The molecule has 0 aliphatic rings. The molecule has 0 aliphatic heterocycles. The van der Waals surface area contributed by atoms with Crippen LogP contribution in [0, 0.1) is 0 Å². The molecule has 0 aliphatic carbocycles. The third-order valence-electron chi connectivity index (χ3n) is 2.51. The van der Waals surface area contributed by atoms with Crippen LogP contribution < -0.4 is 5.32 Å². The molecule has 1 heterocycles. The van der Waals surface area contributed by atoms with E-state index in [-0.39, 0.29) is 15.9 Å². The predicted octanol–water partition coefficient (Wildman–Crippen LogP) is 4.77. The zero-order valence-corrected chi connectivity index (χ0v) is 12.6. The summed E-state index contributed by atoms with van der Waals surface area (Å²) >= 11 is 8.71. The van der Waals surface area contributed by atoms with Crippen molar-refractivity contribution in [3.8, 4) is 0 Å². The third kappa shape index (κ3) is 3.95. The number of aromatic nitrogens is 1. The second-order valence-corrected chi connectivity index (χ2v) is 5.30. The molecule has 0 bridgehead atoms. The Morgan fingerprint density at radius 2 is 1.95 bits per heavy atom. The predicted molar refractivity (Wildman–Crippen MR) is 76.3 cm³/mol. The van der Waals surface area contributed by atoms with E-state index in [4.69, 9.17) is 11.6 Å². The summed E-state index contributed by atoms with van der Waals surface area (Å²) in [6, 6.07) is 5.79. The fraction of sp³-hybridized carbons (Fsp3) is 0.0769. The van der Waals surface area contributed by atoms with Gasteiger partial charge in [0.2, 0.25) is 0 Å². The first kappa shape index (κ1) is 15.8. The van der Waals surface area contributed by atoms with Crippen molar-refractivity contribution in [3.05, 3.63) is 57.2 Å². The van der Waals surface area contributed by atoms with E-state index in [2.05, 4.69) is 26.2 Å². The van der Waals surface area contributed by atoms with Gasteiger partial charge in [-0.15, -0.1) is 0 Å². The second kappa shape index (κ2) is 6.03. The lowest BCUT2D eigenvalue weighted by Gasteiger charge is -2.10. The van der Waals surface area contributed by atoms with Crippen LogP contribution in [0.3, 0.4) is 0 Å². The Hall–Kier alpha value is -1.60. The topological polar surface area (TPSA) is 42.0 Å². The number of carbonyl (C=O) groups is 1. The monoisotopic (exact) mass is 378 g/mol. The molecule has 21 heavy (non-hydrogen) atoms. The van der Waals surface area contributed by atoms with Crippen LogP contribution in [0.4, 0.5) is 19.0 Å². The summed E-state index contributed by atoms with van der Waals surface area (Å²) in [7, 11) is 0. The molecule has 1 aromatic carbocycles. The van der Waals surface area contributed by atoms with E-state index in [9.17, 15) is 18.0 Å². The normalized spacial score (nSPS) is 11.3. The zero-order chi connectivity index (χ0) is 15.6. The van der Waals surface area contributed by atoms with Crippen molar-refractivity contribution in [2.45, 2.75) is 6.18 Å². The van der Waals surface area contributed by atoms with Crippen molar-refractivity contribution < 1.29 is 18.0 Å². The smallest absolute Gasteiger partial charge is 0.307 e. The highest BCUT2D eigenvalue weighted by molar-refractivity contribution is 9.10. The maximum atomic E-state index is 12.7. The number of nitrogens with zero attached hydrogens (tertiary/aromatic N) is 1. The summed E-state index contributed by atoms with van der Waals surface area (Å²) < 4.78 is 38.2. The van der Waals surface area contributed by atoms with Gasteiger partial charge in [-0.25, -0.2) is 4.98 Å². The maximum absolute atomic E-state index is 12.7. The van der Waals surface area contributed by atoms with Crippen molar-refractivity contribution in [1.29, 1.82) is 0 Å². The number of pyridine rings is 1. The number of anilines is 1. The van der Waals surface area contributed by atoms with Gasteiger partial charge in [0.1, 0.15) is 5.82 Å². The maximum Gasteiger partial charge on any atom is 0.416 e. The first-order chi connectivity index (χ1) is 9.77. The quantitative estimate of drug-likeness (QED) is 0.817. The summed E-state index contributed by atoms with van der Waals surface area (Å²) in [5, 5.41) is 2.78. The molecule has 2 aromatic rings. The van der Waals surface area contributed by atoms with Crippen LogP contribution in [0.1, 0.15) is 15.9 Å². The molecule has 8 heteroatoms. The number of hydrogen-bond donors (Lipinski definition) is 1. The van der Waals surface area contributed by atoms with Gasteiger partial charge in [-0.1, -0.05) is 11.6 Å². The van der Waals surface area contributed by atoms with Crippen LogP contribution in [-0.2, 0) is 6.18 Å². The summed E-state index contributed by atoms with van der Waals surface area (Å²) in [6.45, 7) is 0. The lowest BCUT2D eigenvalue weighted by atomic mass is 10.1. The zero-order valence-electron chi connectivity index (χ0n) is 10.2. The lowest BCUT2D eigenvalue weighted by Crippen LogP contribution is -2.15. The average molecular weight is 380 g/mol. The van der Waals surface area contributed by atoms with Gasteiger partial charge in [0.05, 0.1) is 16.1 Å². The van der Waals surface area contributed by atoms with Crippen molar-refractivity contribution >= 4 is 39.3 Å². The first-order valence-corrected chi connectivity index (χ1v) is 6.74.